The van der Waals surface area contributed by atoms with Crippen LogP contribution in [0.25, 0.3) is 56.0 Å². The summed E-state index contributed by atoms with van der Waals surface area (Å²) in [4.78, 5) is 17.2. The highest BCUT2D eigenvalue weighted by atomic mass is 35.5. The highest BCUT2D eigenvalue weighted by molar-refractivity contribution is 6.17. The number of nitrogens with zero attached hydrogens (tertiary/aromatic N) is 7. The number of halogens is 1. The fraction of sp³-hybridized carbons (Fsp3) is 0.200. The van der Waals surface area contributed by atoms with Gasteiger partial charge in [-0.15, -0.1) is 16.7 Å². The minimum Gasteiger partial charge on any atom is -0.336 e. The summed E-state index contributed by atoms with van der Waals surface area (Å²) in [6.07, 6.45) is 8.18. The molecule has 0 aliphatic heterocycles. The van der Waals surface area contributed by atoms with E-state index < -0.39 is 0 Å². The average molecular weight is 499 g/mol. The molecule has 0 bridgehead atoms. The van der Waals surface area contributed by atoms with Gasteiger partial charge in [0.1, 0.15) is 22.6 Å². The van der Waals surface area contributed by atoms with Gasteiger partial charge in [-0.25, -0.2) is 4.98 Å². The average Bonchev–Trinajstić information content (AvgIpc) is 3.65. The Labute approximate surface area is 211 Å². The molecule has 5 aromatic heterocycles. The Morgan fingerprint density at radius 3 is 2.89 bits per heavy atom. The molecule has 0 aliphatic carbocycles. The number of aromatic amines is 2. The summed E-state index contributed by atoms with van der Waals surface area (Å²) in [5, 5.41) is 20.3. The van der Waals surface area contributed by atoms with Crippen LogP contribution in [0.3, 0.4) is 0 Å². The van der Waals surface area contributed by atoms with E-state index in [0.29, 0.717) is 35.2 Å². The molecule has 10 nitrogen and oxygen atoms in total. The number of hydrogen-bond acceptors (Lipinski definition) is 7. The van der Waals surface area contributed by atoms with Crippen LogP contribution >= 0.6 is 11.6 Å². The lowest BCUT2D eigenvalue weighted by molar-refractivity contribution is 0.581. The topological polar surface area (TPSA) is 126 Å². The van der Waals surface area contributed by atoms with Gasteiger partial charge in [0.05, 0.1) is 17.2 Å². The number of imidazole rings is 1. The monoisotopic (exact) mass is 498 g/mol. The van der Waals surface area contributed by atoms with Gasteiger partial charge >= 0.3 is 0 Å². The van der Waals surface area contributed by atoms with Crippen molar-refractivity contribution in [3.8, 4) is 34.0 Å². The van der Waals surface area contributed by atoms with Crippen molar-refractivity contribution in [3.63, 3.8) is 0 Å². The zero-order valence-electron chi connectivity index (χ0n) is 19.5. The van der Waals surface area contributed by atoms with Crippen molar-refractivity contribution in [2.75, 3.05) is 12.9 Å². The number of hydrogen-bond donors (Lipinski definition) is 3. The number of nitrogens with one attached hydrogen (secondary N) is 3. The maximum Gasteiger partial charge on any atom is 0.159 e. The van der Waals surface area contributed by atoms with Crippen molar-refractivity contribution >= 4 is 33.5 Å². The van der Waals surface area contributed by atoms with Gasteiger partial charge in [-0.3, -0.25) is 19.7 Å². The smallest absolute Gasteiger partial charge is 0.159 e. The van der Waals surface area contributed by atoms with Crippen LogP contribution in [0.15, 0.2) is 55.1 Å². The van der Waals surface area contributed by atoms with Gasteiger partial charge in [0.2, 0.25) is 0 Å². The minimum atomic E-state index is 0.572. The number of rotatable bonds is 8. The second-order valence-corrected chi connectivity index (χ2v) is 8.87. The van der Waals surface area contributed by atoms with E-state index in [4.69, 9.17) is 16.6 Å². The first-order chi connectivity index (χ1) is 17.7. The molecule has 3 N–H and O–H groups in total. The van der Waals surface area contributed by atoms with Crippen molar-refractivity contribution in [3.05, 3.63) is 60.7 Å². The fourth-order valence-corrected chi connectivity index (χ4v) is 4.41. The number of alkyl halides is 1. The lowest BCUT2D eigenvalue weighted by Crippen LogP contribution is -2.05. The summed E-state index contributed by atoms with van der Waals surface area (Å²) in [5.74, 6) is 1.22. The Morgan fingerprint density at radius 1 is 1.06 bits per heavy atom. The largest absolute Gasteiger partial charge is 0.336 e. The molecule has 0 saturated heterocycles. The van der Waals surface area contributed by atoms with Crippen molar-refractivity contribution in [2.24, 2.45) is 0 Å². The zero-order chi connectivity index (χ0) is 24.5. The molecule has 180 valence electrons. The Kier molecular flexibility index (Phi) is 5.88. The van der Waals surface area contributed by atoms with Crippen molar-refractivity contribution < 1.29 is 0 Å². The second-order valence-electron chi connectivity index (χ2n) is 8.50. The summed E-state index contributed by atoms with van der Waals surface area (Å²) >= 11 is 5.81. The van der Waals surface area contributed by atoms with Gasteiger partial charge in [-0.05, 0) is 48.9 Å². The Morgan fingerprint density at radius 2 is 2.00 bits per heavy atom. The summed E-state index contributed by atoms with van der Waals surface area (Å²) in [7, 11) is 1.93. The van der Waals surface area contributed by atoms with E-state index in [1.54, 1.807) is 10.9 Å². The summed E-state index contributed by atoms with van der Waals surface area (Å²) in [6.45, 7) is 1.46. The molecule has 0 saturated carbocycles. The molecule has 6 rings (SSSR count). The predicted octanol–water partition coefficient (Wildman–Crippen LogP) is 4.17. The second kappa shape index (κ2) is 9.48. The Balaban J connectivity index is 1.40. The molecule has 0 unspecified atom stereocenters. The number of fused-ring (bicyclic) bond motifs is 2. The number of H-pyrrole nitrogens is 2. The quantitative estimate of drug-likeness (QED) is 0.269. The SMILES string of the molecule is CNCc1cncc(-c2ccc3[nH]nc(-c4nc5c(-c6cn(CCCCl)nn6)nccc5[nH]4)c3c2)c1. The maximum absolute atomic E-state index is 5.81. The van der Waals surface area contributed by atoms with Crippen molar-refractivity contribution in [1.82, 2.24) is 50.4 Å². The molecule has 5 heterocycles. The standard InChI is InChI=1S/C25H23ClN10/c1-27-11-15-9-17(13-28-12-15)16-3-4-19-18(10-16)22(34-32-19)25-30-20-5-7-29-23(24(20)31-25)21-14-36(35-33-21)8-2-6-26/h3-5,7,9-10,12-14,27H,2,6,8,11H2,1H3,(H,30,31)(H,32,34). The van der Waals surface area contributed by atoms with E-state index in [0.717, 1.165) is 51.8 Å². The molecule has 0 fully saturated rings. The first-order valence-electron chi connectivity index (χ1n) is 11.6. The Bertz CT molecular complexity index is 1660. The van der Waals surface area contributed by atoms with E-state index in [1.165, 1.54) is 0 Å². The zero-order valence-corrected chi connectivity index (χ0v) is 20.3. The van der Waals surface area contributed by atoms with Crippen LogP contribution in [0.2, 0.25) is 0 Å². The molecule has 0 aliphatic rings. The van der Waals surface area contributed by atoms with Gasteiger partial charge in [0, 0.05) is 48.5 Å². The van der Waals surface area contributed by atoms with Crippen LogP contribution in [0.5, 0.6) is 0 Å². The van der Waals surface area contributed by atoms with Crippen molar-refractivity contribution in [2.45, 2.75) is 19.5 Å². The lowest BCUT2D eigenvalue weighted by Gasteiger charge is -2.05. The maximum atomic E-state index is 5.81. The summed E-state index contributed by atoms with van der Waals surface area (Å²) in [6, 6.07) is 10.2. The highest BCUT2D eigenvalue weighted by Gasteiger charge is 2.18. The number of aromatic nitrogens is 9. The predicted molar refractivity (Wildman–Crippen MR) is 139 cm³/mol. The van der Waals surface area contributed by atoms with E-state index in [9.17, 15) is 0 Å². The van der Waals surface area contributed by atoms with Crippen LogP contribution in [0, 0.1) is 0 Å². The molecule has 0 atom stereocenters. The van der Waals surface area contributed by atoms with Gasteiger partial charge in [0.15, 0.2) is 5.82 Å². The van der Waals surface area contributed by atoms with Crippen LogP contribution in [-0.2, 0) is 13.1 Å². The molecule has 36 heavy (non-hydrogen) atoms. The molecule has 6 aromatic rings. The summed E-state index contributed by atoms with van der Waals surface area (Å²) in [5.41, 5.74) is 7.78. The number of pyridine rings is 2. The van der Waals surface area contributed by atoms with Gasteiger partial charge in [-0.1, -0.05) is 11.3 Å². The van der Waals surface area contributed by atoms with Crippen LogP contribution in [0.4, 0.5) is 0 Å². The molecular formula is C25H23ClN10. The summed E-state index contributed by atoms with van der Waals surface area (Å²) < 4.78 is 1.77. The minimum absolute atomic E-state index is 0.572. The highest BCUT2D eigenvalue weighted by Crippen LogP contribution is 2.32. The van der Waals surface area contributed by atoms with E-state index >= 15 is 0 Å². The van der Waals surface area contributed by atoms with Gasteiger partial charge in [-0.2, -0.15) is 5.10 Å². The van der Waals surface area contributed by atoms with Crippen LogP contribution in [0.1, 0.15) is 12.0 Å². The van der Waals surface area contributed by atoms with Crippen LogP contribution in [-0.4, -0.2) is 58.1 Å². The number of aryl methyl sites for hydroxylation is 1. The fourth-order valence-electron chi connectivity index (χ4n) is 4.29. The van der Waals surface area contributed by atoms with Crippen molar-refractivity contribution in [1.29, 1.82) is 0 Å². The molecule has 1 aromatic carbocycles. The van der Waals surface area contributed by atoms with Gasteiger partial charge in [0.25, 0.3) is 0 Å². The Hall–Kier alpha value is -4.15. The molecule has 0 amide bonds. The molecule has 0 spiro atoms. The van der Waals surface area contributed by atoms with E-state index in [1.807, 2.05) is 37.8 Å². The first-order valence-corrected chi connectivity index (χ1v) is 12.2. The third-order valence-electron chi connectivity index (χ3n) is 6.00. The van der Waals surface area contributed by atoms with Gasteiger partial charge < -0.3 is 10.3 Å². The third-order valence-corrected chi connectivity index (χ3v) is 6.27. The molecule has 11 heteroatoms. The van der Waals surface area contributed by atoms with Crippen LogP contribution < -0.4 is 5.32 Å². The molecular weight excluding hydrogens is 476 g/mol. The normalized spacial score (nSPS) is 11.6. The number of benzene rings is 1. The third kappa shape index (κ3) is 4.10. The van der Waals surface area contributed by atoms with E-state index in [-0.39, 0.29) is 0 Å². The first kappa shape index (κ1) is 22.3. The lowest BCUT2D eigenvalue weighted by atomic mass is 10.0. The molecule has 0 radical (unpaired) electrons. The van der Waals surface area contributed by atoms with E-state index in [2.05, 4.69) is 59.0 Å².